The van der Waals surface area contributed by atoms with Crippen molar-refractivity contribution < 1.29 is 10.2 Å². The van der Waals surface area contributed by atoms with Gasteiger partial charge < -0.3 is 10.2 Å². The number of phenols is 2. The van der Waals surface area contributed by atoms with Crippen molar-refractivity contribution in [2.24, 2.45) is 0 Å². The summed E-state index contributed by atoms with van der Waals surface area (Å²) in [4.78, 5) is 0. The van der Waals surface area contributed by atoms with E-state index < -0.39 is 0 Å². The molecule has 2 aliphatic rings. The Bertz CT molecular complexity index is 925. The van der Waals surface area contributed by atoms with E-state index in [0.29, 0.717) is 23.3 Å². The van der Waals surface area contributed by atoms with Gasteiger partial charge in [-0.1, -0.05) is 39.8 Å². The second-order valence-electron chi connectivity index (χ2n) is 10.8. The summed E-state index contributed by atoms with van der Waals surface area (Å²) in [5.41, 5.74) is 6.86. The van der Waals surface area contributed by atoms with Gasteiger partial charge in [-0.05, 0) is 94.9 Å². The van der Waals surface area contributed by atoms with Crippen molar-refractivity contribution in [3.8, 4) is 11.5 Å². The van der Waals surface area contributed by atoms with Crippen molar-refractivity contribution in [2.75, 3.05) is 11.8 Å². The number of phenolic OH excluding ortho intramolecular Hbond substituents is 2. The number of hydrogen-bond donors (Lipinski definition) is 2. The maximum absolute atomic E-state index is 10.9. The normalized spacial score (nSPS) is 19.5. The molecule has 0 saturated heterocycles. The van der Waals surface area contributed by atoms with E-state index in [0.717, 1.165) is 49.7 Å². The van der Waals surface area contributed by atoms with Gasteiger partial charge in [0.25, 0.3) is 0 Å². The van der Waals surface area contributed by atoms with E-state index in [9.17, 15) is 10.2 Å². The predicted octanol–water partition coefficient (Wildman–Crippen LogP) is 7.09. The number of rotatable bonds is 6. The fourth-order valence-corrected chi connectivity index (χ4v) is 6.65. The monoisotopic (exact) mass is 460 g/mol. The molecule has 0 unspecified atom stereocenters. The third-order valence-electron chi connectivity index (χ3n) is 7.57. The molecular formula is C27H34Cl2O2. The van der Waals surface area contributed by atoms with Crippen molar-refractivity contribution in [1.82, 2.24) is 0 Å². The molecule has 0 saturated carbocycles. The molecule has 0 aromatic heterocycles. The Morgan fingerprint density at radius 3 is 1.42 bits per heavy atom. The molecule has 1 spiro atoms. The Kier molecular flexibility index (Phi) is 5.80. The zero-order valence-corrected chi connectivity index (χ0v) is 20.6. The minimum atomic E-state index is -0.192. The van der Waals surface area contributed by atoms with Crippen LogP contribution in [0.5, 0.6) is 11.5 Å². The lowest BCUT2D eigenvalue weighted by molar-refractivity contribution is 0.348. The van der Waals surface area contributed by atoms with Crippen LogP contribution in [0.25, 0.3) is 0 Å². The van der Waals surface area contributed by atoms with Crippen LogP contribution in [-0.4, -0.2) is 22.0 Å². The first-order valence-electron chi connectivity index (χ1n) is 11.4. The van der Waals surface area contributed by atoms with E-state index in [1.807, 2.05) is 12.1 Å². The topological polar surface area (TPSA) is 40.5 Å². The number of halogens is 2. The zero-order valence-electron chi connectivity index (χ0n) is 19.1. The van der Waals surface area contributed by atoms with Gasteiger partial charge in [0.2, 0.25) is 0 Å². The molecule has 0 atom stereocenters. The van der Waals surface area contributed by atoms with E-state index in [1.54, 1.807) is 0 Å². The SMILES string of the molecule is CC1(C)CC2(CC(C)(C)c3cc(CCCCl)c(O)cc32)c2cc(O)c(CCCCl)cc21. The van der Waals surface area contributed by atoms with Gasteiger partial charge in [-0.3, -0.25) is 0 Å². The molecule has 2 aliphatic carbocycles. The van der Waals surface area contributed by atoms with E-state index in [1.165, 1.54) is 22.3 Å². The van der Waals surface area contributed by atoms with Gasteiger partial charge in [-0.2, -0.15) is 0 Å². The molecule has 168 valence electrons. The van der Waals surface area contributed by atoms with E-state index >= 15 is 0 Å². The van der Waals surface area contributed by atoms with Crippen molar-refractivity contribution >= 4 is 23.2 Å². The third kappa shape index (κ3) is 3.64. The van der Waals surface area contributed by atoms with Crippen LogP contribution in [0.3, 0.4) is 0 Å². The summed E-state index contributed by atoms with van der Waals surface area (Å²) in [5, 5.41) is 21.8. The van der Waals surface area contributed by atoms with Crippen molar-refractivity contribution in [3.05, 3.63) is 57.6 Å². The maximum Gasteiger partial charge on any atom is 0.119 e. The first-order chi connectivity index (χ1) is 14.6. The fraction of sp³-hybridized carbons (Fsp3) is 0.556. The predicted molar refractivity (Wildman–Crippen MR) is 130 cm³/mol. The molecule has 2 aromatic rings. The van der Waals surface area contributed by atoms with Crippen LogP contribution < -0.4 is 0 Å². The first-order valence-corrected chi connectivity index (χ1v) is 12.5. The summed E-state index contributed by atoms with van der Waals surface area (Å²) in [6.07, 6.45) is 5.24. The Balaban J connectivity index is 1.89. The number of hydrogen-bond acceptors (Lipinski definition) is 2. The second kappa shape index (κ2) is 7.89. The average molecular weight is 461 g/mol. The van der Waals surface area contributed by atoms with Gasteiger partial charge in [-0.25, -0.2) is 0 Å². The molecule has 2 aromatic carbocycles. The van der Waals surface area contributed by atoms with Crippen LogP contribution in [0.2, 0.25) is 0 Å². The molecule has 2 nitrogen and oxygen atoms in total. The minimum Gasteiger partial charge on any atom is -0.508 e. The Labute approximate surface area is 196 Å². The Hall–Kier alpha value is -1.38. The summed E-state index contributed by atoms with van der Waals surface area (Å²) in [5.74, 6) is 1.93. The number of fused-ring (bicyclic) bond motifs is 4. The molecule has 0 radical (unpaired) electrons. The highest BCUT2D eigenvalue weighted by molar-refractivity contribution is 6.18. The molecule has 0 heterocycles. The molecular weight excluding hydrogens is 427 g/mol. The molecule has 0 bridgehead atoms. The Morgan fingerprint density at radius 1 is 0.677 bits per heavy atom. The summed E-state index contributed by atoms with van der Waals surface area (Å²) in [6.45, 7) is 9.23. The van der Waals surface area contributed by atoms with Crippen LogP contribution in [0.1, 0.15) is 86.8 Å². The number of alkyl halides is 2. The minimum absolute atomic E-state index is 0.0106. The molecule has 2 N–H and O–H groups in total. The van der Waals surface area contributed by atoms with Gasteiger partial charge in [0, 0.05) is 17.2 Å². The van der Waals surface area contributed by atoms with Crippen molar-refractivity contribution in [3.63, 3.8) is 0 Å². The maximum atomic E-state index is 10.9. The zero-order chi connectivity index (χ0) is 22.6. The van der Waals surface area contributed by atoms with Gasteiger partial charge in [0.1, 0.15) is 11.5 Å². The summed E-state index contributed by atoms with van der Waals surface area (Å²) in [6, 6.07) is 8.45. The molecule has 31 heavy (non-hydrogen) atoms. The third-order valence-corrected chi connectivity index (χ3v) is 8.11. The quantitative estimate of drug-likeness (QED) is 0.451. The van der Waals surface area contributed by atoms with Gasteiger partial charge in [0.15, 0.2) is 0 Å². The molecule has 0 fully saturated rings. The van der Waals surface area contributed by atoms with Crippen LogP contribution in [0.15, 0.2) is 24.3 Å². The molecule has 4 rings (SSSR count). The van der Waals surface area contributed by atoms with Crippen LogP contribution >= 0.6 is 23.2 Å². The van der Waals surface area contributed by atoms with Crippen LogP contribution in [0, 0.1) is 0 Å². The number of benzene rings is 2. The largest absolute Gasteiger partial charge is 0.508 e. The number of aryl methyl sites for hydroxylation is 2. The Morgan fingerprint density at radius 2 is 1.06 bits per heavy atom. The summed E-state index contributed by atoms with van der Waals surface area (Å²) < 4.78 is 0. The highest BCUT2D eigenvalue weighted by Crippen LogP contribution is 2.64. The highest BCUT2D eigenvalue weighted by atomic mass is 35.5. The van der Waals surface area contributed by atoms with E-state index in [4.69, 9.17) is 23.2 Å². The van der Waals surface area contributed by atoms with Crippen LogP contribution in [0.4, 0.5) is 0 Å². The smallest absolute Gasteiger partial charge is 0.119 e. The molecule has 4 heteroatoms. The van der Waals surface area contributed by atoms with Gasteiger partial charge in [0.05, 0.1) is 0 Å². The lowest BCUT2D eigenvalue weighted by Crippen LogP contribution is -2.26. The lowest BCUT2D eigenvalue weighted by Gasteiger charge is -2.30. The average Bonchev–Trinajstić information content (AvgIpc) is 3.03. The van der Waals surface area contributed by atoms with Crippen molar-refractivity contribution in [2.45, 2.75) is 82.5 Å². The van der Waals surface area contributed by atoms with Crippen LogP contribution in [-0.2, 0) is 29.1 Å². The van der Waals surface area contributed by atoms with E-state index in [-0.39, 0.29) is 16.2 Å². The van der Waals surface area contributed by atoms with E-state index in [2.05, 4.69) is 39.8 Å². The lowest BCUT2D eigenvalue weighted by atomic mass is 9.72. The standard InChI is InChI=1S/C27H34Cl2O2/c1-25(2)15-27(21-13-23(30)17(7-5-9-28)11-19(21)25)16-26(3,4)20-12-18(8-6-10-29)24(31)14-22(20)27/h11-14,30-31H,5-10,15-16H2,1-4H3. The van der Waals surface area contributed by atoms with Crippen molar-refractivity contribution in [1.29, 1.82) is 0 Å². The first kappa shape index (κ1) is 22.8. The molecule has 0 amide bonds. The second-order valence-corrected chi connectivity index (χ2v) is 11.6. The number of aromatic hydroxyl groups is 2. The fourth-order valence-electron chi connectivity index (χ4n) is 6.38. The highest BCUT2D eigenvalue weighted by Gasteiger charge is 2.56. The van der Waals surface area contributed by atoms with Gasteiger partial charge >= 0.3 is 0 Å². The summed E-state index contributed by atoms with van der Waals surface area (Å²) >= 11 is 11.8. The summed E-state index contributed by atoms with van der Waals surface area (Å²) in [7, 11) is 0. The van der Waals surface area contributed by atoms with Gasteiger partial charge in [-0.15, -0.1) is 23.2 Å². The molecule has 0 aliphatic heterocycles.